The zero-order chi connectivity index (χ0) is 15.5. The highest BCUT2D eigenvalue weighted by atomic mass is 16.2. The van der Waals surface area contributed by atoms with Crippen molar-refractivity contribution in [3.05, 3.63) is 60.7 Å². The van der Waals surface area contributed by atoms with Crippen molar-refractivity contribution in [2.45, 2.75) is 6.92 Å². The van der Waals surface area contributed by atoms with Gasteiger partial charge in [0.1, 0.15) is 0 Å². The predicted octanol–water partition coefficient (Wildman–Crippen LogP) is 2.66. The summed E-state index contributed by atoms with van der Waals surface area (Å²) < 4.78 is 0. The number of benzene rings is 2. The maximum Gasteiger partial charge on any atom is 0.265 e. The molecule has 22 heavy (non-hydrogen) atoms. The fourth-order valence-corrected chi connectivity index (χ4v) is 2.36. The summed E-state index contributed by atoms with van der Waals surface area (Å²) in [6, 6.07) is 18.1. The number of carbonyl (C=O) groups excluding carboxylic acids is 2. The molecule has 5 nitrogen and oxygen atoms in total. The number of hydrogen-bond donors (Lipinski definition) is 1. The smallest absolute Gasteiger partial charge is 0.265 e. The minimum absolute atomic E-state index is 0.336. The lowest BCUT2D eigenvalue weighted by Gasteiger charge is -2.14. The van der Waals surface area contributed by atoms with Crippen LogP contribution in [0.5, 0.6) is 0 Å². The molecule has 5 heteroatoms. The molecular formula is C17H15N3O2. The lowest BCUT2D eigenvalue weighted by atomic mass is 10.0. The van der Waals surface area contributed by atoms with Gasteiger partial charge in [-0.15, -0.1) is 0 Å². The average molecular weight is 293 g/mol. The molecule has 1 aliphatic heterocycles. The normalized spacial score (nSPS) is 17.3. The van der Waals surface area contributed by atoms with Gasteiger partial charge in [-0.1, -0.05) is 36.4 Å². The summed E-state index contributed by atoms with van der Waals surface area (Å²) in [4.78, 5) is 24.9. The minimum Gasteiger partial charge on any atom is -0.325 e. The van der Waals surface area contributed by atoms with E-state index in [-0.39, 0.29) is 11.8 Å². The van der Waals surface area contributed by atoms with E-state index in [9.17, 15) is 9.59 Å². The third-order valence-corrected chi connectivity index (χ3v) is 3.44. The molecule has 1 unspecified atom stereocenters. The lowest BCUT2D eigenvalue weighted by Crippen LogP contribution is -2.36. The van der Waals surface area contributed by atoms with E-state index >= 15 is 0 Å². The molecule has 0 radical (unpaired) electrons. The van der Waals surface area contributed by atoms with E-state index in [2.05, 4.69) is 10.4 Å². The first kappa shape index (κ1) is 14.0. The summed E-state index contributed by atoms with van der Waals surface area (Å²) >= 11 is 0. The molecule has 0 aliphatic carbocycles. The highest BCUT2D eigenvalue weighted by Gasteiger charge is 2.39. The van der Waals surface area contributed by atoms with Gasteiger partial charge < -0.3 is 5.32 Å². The Hall–Kier alpha value is -2.95. The van der Waals surface area contributed by atoms with Crippen LogP contribution in [0.15, 0.2) is 65.8 Å². The van der Waals surface area contributed by atoms with E-state index in [4.69, 9.17) is 0 Å². The van der Waals surface area contributed by atoms with E-state index in [1.165, 1.54) is 5.01 Å². The zero-order valence-electron chi connectivity index (χ0n) is 12.1. The highest BCUT2D eigenvalue weighted by molar-refractivity contribution is 6.28. The summed E-state index contributed by atoms with van der Waals surface area (Å²) in [6.07, 6.45) is 0. The quantitative estimate of drug-likeness (QED) is 0.884. The Morgan fingerprint density at radius 2 is 1.64 bits per heavy atom. The number of hydrogen-bond acceptors (Lipinski definition) is 3. The molecule has 0 saturated carbocycles. The standard InChI is InChI=1S/C17H15N3O2/c1-12-15(16(21)18-13-8-4-2-5-9-13)17(22)20(19-12)14-10-6-3-7-11-14/h2-11,15H,1H3,(H,18,21). The van der Waals surface area contributed by atoms with Gasteiger partial charge in [0.25, 0.3) is 5.91 Å². The van der Waals surface area contributed by atoms with Crippen LogP contribution in [0, 0.1) is 5.92 Å². The van der Waals surface area contributed by atoms with Gasteiger partial charge in [0, 0.05) is 5.69 Å². The fourth-order valence-electron chi connectivity index (χ4n) is 2.36. The predicted molar refractivity (Wildman–Crippen MR) is 85.6 cm³/mol. The van der Waals surface area contributed by atoms with Crippen molar-refractivity contribution in [3.8, 4) is 0 Å². The number of para-hydroxylation sites is 2. The number of carbonyl (C=O) groups is 2. The molecule has 0 spiro atoms. The Kier molecular flexibility index (Phi) is 3.70. The van der Waals surface area contributed by atoms with Gasteiger partial charge in [0.05, 0.1) is 11.4 Å². The number of rotatable bonds is 3. The van der Waals surface area contributed by atoms with Crippen LogP contribution in [-0.4, -0.2) is 17.5 Å². The van der Waals surface area contributed by atoms with Crippen LogP contribution in [0.1, 0.15) is 6.92 Å². The molecule has 1 atom stereocenters. The van der Waals surface area contributed by atoms with Gasteiger partial charge >= 0.3 is 0 Å². The second kappa shape index (κ2) is 5.81. The summed E-state index contributed by atoms with van der Waals surface area (Å²) in [5.74, 6) is -1.59. The topological polar surface area (TPSA) is 61.8 Å². The molecule has 110 valence electrons. The molecule has 2 aromatic carbocycles. The van der Waals surface area contributed by atoms with Gasteiger partial charge in [0.15, 0.2) is 5.92 Å². The van der Waals surface area contributed by atoms with Gasteiger partial charge in [-0.2, -0.15) is 10.1 Å². The molecule has 0 aromatic heterocycles. The van der Waals surface area contributed by atoms with Crippen LogP contribution in [0.2, 0.25) is 0 Å². The number of nitrogens with one attached hydrogen (secondary N) is 1. The zero-order valence-corrected chi connectivity index (χ0v) is 12.1. The first-order chi connectivity index (χ1) is 10.7. The van der Waals surface area contributed by atoms with Crippen molar-refractivity contribution in [1.29, 1.82) is 0 Å². The van der Waals surface area contributed by atoms with Crippen LogP contribution in [0.3, 0.4) is 0 Å². The maximum absolute atomic E-state index is 12.5. The second-order valence-corrected chi connectivity index (χ2v) is 5.02. The summed E-state index contributed by atoms with van der Waals surface area (Å²) in [5.41, 5.74) is 1.80. The second-order valence-electron chi connectivity index (χ2n) is 5.02. The lowest BCUT2D eigenvalue weighted by molar-refractivity contribution is -0.127. The molecule has 1 heterocycles. The number of nitrogens with zero attached hydrogens (tertiary/aromatic N) is 2. The summed E-state index contributed by atoms with van der Waals surface area (Å²) in [7, 11) is 0. The Morgan fingerprint density at radius 1 is 1.05 bits per heavy atom. The van der Waals surface area contributed by atoms with Crippen molar-refractivity contribution >= 4 is 28.9 Å². The van der Waals surface area contributed by atoms with Crippen LogP contribution >= 0.6 is 0 Å². The molecule has 0 saturated heterocycles. The van der Waals surface area contributed by atoms with Crippen molar-refractivity contribution in [1.82, 2.24) is 0 Å². The van der Waals surface area contributed by atoms with E-state index in [1.54, 1.807) is 31.2 Å². The van der Waals surface area contributed by atoms with Crippen molar-refractivity contribution in [3.63, 3.8) is 0 Å². The molecule has 0 bridgehead atoms. The van der Waals surface area contributed by atoms with Crippen molar-refractivity contribution in [2.75, 3.05) is 10.3 Å². The fraction of sp³-hybridized carbons (Fsp3) is 0.118. The largest absolute Gasteiger partial charge is 0.325 e. The first-order valence-corrected chi connectivity index (χ1v) is 6.97. The molecular weight excluding hydrogens is 278 g/mol. The Labute approximate surface area is 128 Å². The Morgan fingerprint density at radius 3 is 2.27 bits per heavy atom. The first-order valence-electron chi connectivity index (χ1n) is 6.97. The molecule has 1 aliphatic rings. The minimum atomic E-state index is -0.889. The SMILES string of the molecule is CC1=NN(c2ccccc2)C(=O)C1C(=O)Nc1ccccc1. The number of anilines is 2. The van der Waals surface area contributed by atoms with Gasteiger partial charge in [-0.25, -0.2) is 0 Å². The van der Waals surface area contributed by atoms with E-state index in [1.807, 2.05) is 36.4 Å². The molecule has 3 rings (SSSR count). The number of hydrazone groups is 1. The average Bonchev–Trinajstić information content (AvgIpc) is 2.84. The van der Waals surface area contributed by atoms with Crippen LogP contribution in [0.4, 0.5) is 11.4 Å². The molecule has 2 amide bonds. The Bertz CT molecular complexity index is 726. The third kappa shape index (κ3) is 2.61. The van der Waals surface area contributed by atoms with E-state index < -0.39 is 5.92 Å². The maximum atomic E-state index is 12.5. The van der Waals surface area contributed by atoms with E-state index in [0.717, 1.165) is 0 Å². The summed E-state index contributed by atoms with van der Waals surface area (Å²) in [5, 5.41) is 8.26. The van der Waals surface area contributed by atoms with Crippen molar-refractivity contribution in [2.24, 2.45) is 11.0 Å². The Balaban J connectivity index is 1.80. The van der Waals surface area contributed by atoms with E-state index in [0.29, 0.717) is 17.1 Å². The third-order valence-electron chi connectivity index (χ3n) is 3.44. The highest BCUT2D eigenvalue weighted by Crippen LogP contribution is 2.24. The summed E-state index contributed by atoms with van der Waals surface area (Å²) in [6.45, 7) is 1.69. The van der Waals surface area contributed by atoms with Gasteiger partial charge in [-0.3, -0.25) is 9.59 Å². The number of amides is 2. The monoisotopic (exact) mass is 293 g/mol. The molecule has 2 aromatic rings. The van der Waals surface area contributed by atoms with Crippen molar-refractivity contribution < 1.29 is 9.59 Å². The van der Waals surface area contributed by atoms with Crippen LogP contribution in [-0.2, 0) is 9.59 Å². The molecule has 1 N–H and O–H groups in total. The molecule has 0 fully saturated rings. The van der Waals surface area contributed by atoms with Gasteiger partial charge in [-0.05, 0) is 31.2 Å². The van der Waals surface area contributed by atoms with Crippen LogP contribution < -0.4 is 10.3 Å². The van der Waals surface area contributed by atoms with Crippen LogP contribution in [0.25, 0.3) is 0 Å². The van der Waals surface area contributed by atoms with Gasteiger partial charge in [0.2, 0.25) is 5.91 Å².